The van der Waals surface area contributed by atoms with Crippen molar-refractivity contribution in [2.75, 3.05) is 13.1 Å². The van der Waals surface area contributed by atoms with Crippen molar-refractivity contribution in [3.05, 3.63) is 47.5 Å². The summed E-state index contributed by atoms with van der Waals surface area (Å²) < 4.78 is 7.17. The SMILES string of the molecule is O=C(CCn1nnc2cc(-c3noc(-c4ccc(Cl)cc4)n3)ccc21)N1CCCCC1. The van der Waals surface area contributed by atoms with Gasteiger partial charge in [0.15, 0.2) is 0 Å². The molecule has 0 unspecified atom stereocenters. The summed E-state index contributed by atoms with van der Waals surface area (Å²) in [6, 6.07) is 12.9. The van der Waals surface area contributed by atoms with Gasteiger partial charge in [-0.1, -0.05) is 22.0 Å². The number of amides is 1. The van der Waals surface area contributed by atoms with E-state index in [-0.39, 0.29) is 5.91 Å². The summed E-state index contributed by atoms with van der Waals surface area (Å²) >= 11 is 5.93. The molecule has 4 aromatic rings. The molecule has 31 heavy (non-hydrogen) atoms. The van der Waals surface area contributed by atoms with Gasteiger partial charge in [-0.15, -0.1) is 5.10 Å². The largest absolute Gasteiger partial charge is 0.343 e. The van der Waals surface area contributed by atoms with Crippen LogP contribution in [0.4, 0.5) is 0 Å². The molecule has 1 saturated heterocycles. The summed E-state index contributed by atoms with van der Waals surface area (Å²) in [6.45, 7) is 2.24. The van der Waals surface area contributed by atoms with Crippen LogP contribution in [-0.2, 0) is 11.3 Å². The second-order valence-corrected chi connectivity index (χ2v) is 8.07. The lowest BCUT2D eigenvalue weighted by atomic mass is 10.1. The highest BCUT2D eigenvalue weighted by atomic mass is 35.5. The van der Waals surface area contributed by atoms with Crippen molar-refractivity contribution in [1.29, 1.82) is 0 Å². The average Bonchev–Trinajstić information content (AvgIpc) is 3.46. The van der Waals surface area contributed by atoms with Gasteiger partial charge < -0.3 is 9.42 Å². The molecule has 1 aliphatic rings. The van der Waals surface area contributed by atoms with Crippen LogP contribution in [0.2, 0.25) is 5.02 Å². The van der Waals surface area contributed by atoms with Crippen LogP contribution >= 0.6 is 11.6 Å². The van der Waals surface area contributed by atoms with Crippen molar-refractivity contribution in [2.45, 2.75) is 32.2 Å². The summed E-state index contributed by atoms with van der Waals surface area (Å²) in [7, 11) is 0. The van der Waals surface area contributed by atoms with Gasteiger partial charge in [-0.05, 0) is 61.7 Å². The van der Waals surface area contributed by atoms with Crippen LogP contribution in [0, 0.1) is 0 Å². The first kappa shape index (κ1) is 19.7. The fourth-order valence-electron chi connectivity index (χ4n) is 3.83. The van der Waals surface area contributed by atoms with E-state index < -0.39 is 0 Å². The van der Waals surface area contributed by atoms with Crippen LogP contribution in [0.5, 0.6) is 0 Å². The average molecular weight is 437 g/mol. The predicted molar refractivity (Wildman–Crippen MR) is 116 cm³/mol. The number of likely N-dealkylation sites (tertiary alicyclic amines) is 1. The lowest BCUT2D eigenvalue weighted by Crippen LogP contribution is -2.36. The van der Waals surface area contributed by atoms with Gasteiger partial charge >= 0.3 is 0 Å². The summed E-state index contributed by atoms with van der Waals surface area (Å²) in [5.74, 6) is 1.08. The summed E-state index contributed by atoms with van der Waals surface area (Å²) in [4.78, 5) is 18.9. The minimum Gasteiger partial charge on any atom is -0.343 e. The van der Waals surface area contributed by atoms with E-state index in [9.17, 15) is 4.79 Å². The molecule has 0 radical (unpaired) electrons. The van der Waals surface area contributed by atoms with Gasteiger partial charge in [-0.2, -0.15) is 4.98 Å². The third-order valence-electron chi connectivity index (χ3n) is 5.54. The van der Waals surface area contributed by atoms with Crippen molar-refractivity contribution in [3.63, 3.8) is 0 Å². The monoisotopic (exact) mass is 436 g/mol. The second kappa shape index (κ2) is 8.47. The van der Waals surface area contributed by atoms with E-state index in [4.69, 9.17) is 16.1 Å². The Labute approximate surface area is 183 Å². The summed E-state index contributed by atoms with van der Waals surface area (Å²) in [5, 5.41) is 13.2. The molecule has 0 aliphatic carbocycles. The maximum absolute atomic E-state index is 12.4. The molecule has 8 nitrogen and oxygen atoms in total. The van der Waals surface area contributed by atoms with Crippen LogP contribution in [0.25, 0.3) is 33.9 Å². The number of benzene rings is 2. The molecule has 1 amide bonds. The van der Waals surface area contributed by atoms with E-state index in [0.717, 1.165) is 48.1 Å². The molecule has 158 valence electrons. The van der Waals surface area contributed by atoms with Gasteiger partial charge in [-0.3, -0.25) is 4.79 Å². The number of hydrogen-bond acceptors (Lipinski definition) is 6. The number of halogens is 1. The minimum atomic E-state index is 0.182. The maximum Gasteiger partial charge on any atom is 0.258 e. The Kier molecular flexibility index (Phi) is 5.38. The lowest BCUT2D eigenvalue weighted by Gasteiger charge is -2.26. The normalized spacial score (nSPS) is 14.3. The van der Waals surface area contributed by atoms with E-state index in [1.807, 2.05) is 35.2 Å². The van der Waals surface area contributed by atoms with E-state index in [2.05, 4.69) is 20.5 Å². The molecule has 3 heterocycles. The number of aromatic nitrogens is 5. The van der Waals surface area contributed by atoms with E-state index in [1.165, 1.54) is 6.42 Å². The third kappa shape index (κ3) is 4.16. The fraction of sp³-hybridized carbons (Fsp3) is 0.318. The number of carbonyl (C=O) groups is 1. The first-order chi connectivity index (χ1) is 15.2. The number of aryl methyl sites for hydroxylation is 1. The van der Waals surface area contributed by atoms with Crippen molar-refractivity contribution < 1.29 is 9.32 Å². The Morgan fingerprint density at radius 1 is 1.03 bits per heavy atom. The number of fused-ring (bicyclic) bond motifs is 1. The highest BCUT2D eigenvalue weighted by Crippen LogP contribution is 2.25. The van der Waals surface area contributed by atoms with Gasteiger partial charge in [0.25, 0.3) is 5.89 Å². The Bertz CT molecular complexity index is 1210. The number of piperidine rings is 1. The zero-order chi connectivity index (χ0) is 21.2. The molecule has 0 bridgehead atoms. The minimum absolute atomic E-state index is 0.182. The van der Waals surface area contributed by atoms with Gasteiger partial charge in [-0.25, -0.2) is 4.68 Å². The Balaban J connectivity index is 1.31. The molecular weight excluding hydrogens is 416 g/mol. The fourth-order valence-corrected chi connectivity index (χ4v) is 3.96. The molecule has 0 spiro atoms. The van der Waals surface area contributed by atoms with Crippen LogP contribution in [0.15, 0.2) is 47.0 Å². The van der Waals surface area contributed by atoms with Crippen molar-refractivity contribution in [3.8, 4) is 22.8 Å². The van der Waals surface area contributed by atoms with Gasteiger partial charge in [0.2, 0.25) is 11.7 Å². The van der Waals surface area contributed by atoms with Gasteiger partial charge in [0.05, 0.1) is 12.1 Å². The number of hydrogen-bond donors (Lipinski definition) is 0. The van der Waals surface area contributed by atoms with Crippen molar-refractivity contribution in [2.24, 2.45) is 0 Å². The quantitative estimate of drug-likeness (QED) is 0.465. The first-order valence-corrected chi connectivity index (χ1v) is 10.8. The highest BCUT2D eigenvalue weighted by Gasteiger charge is 2.17. The topological polar surface area (TPSA) is 89.9 Å². The Morgan fingerprint density at radius 3 is 2.61 bits per heavy atom. The molecule has 0 atom stereocenters. The zero-order valence-electron chi connectivity index (χ0n) is 16.9. The maximum atomic E-state index is 12.4. The molecular formula is C22H21ClN6O2. The molecule has 0 saturated carbocycles. The smallest absolute Gasteiger partial charge is 0.258 e. The lowest BCUT2D eigenvalue weighted by molar-refractivity contribution is -0.132. The highest BCUT2D eigenvalue weighted by molar-refractivity contribution is 6.30. The number of rotatable bonds is 5. The molecule has 2 aromatic heterocycles. The van der Waals surface area contributed by atoms with Crippen molar-refractivity contribution >= 4 is 28.5 Å². The second-order valence-electron chi connectivity index (χ2n) is 7.64. The van der Waals surface area contributed by atoms with Gasteiger partial charge in [0.1, 0.15) is 5.52 Å². The van der Waals surface area contributed by atoms with Crippen LogP contribution in [-0.4, -0.2) is 49.0 Å². The van der Waals surface area contributed by atoms with E-state index in [1.54, 1.807) is 16.8 Å². The Hall–Kier alpha value is -3.26. The van der Waals surface area contributed by atoms with E-state index in [0.29, 0.717) is 29.7 Å². The third-order valence-corrected chi connectivity index (χ3v) is 5.79. The molecule has 1 aliphatic heterocycles. The van der Waals surface area contributed by atoms with Crippen LogP contribution < -0.4 is 0 Å². The standard InChI is InChI=1S/C22H21ClN6O2/c23-17-7-4-15(5-8-17)22-24-21(26-31-22)16-6-9-19-18(14-16)25-27-29(19)13-10-20(30)28-11-2-1-3-12-28/h4-9,14H,1-3,10-13H2. The molecule has 9 heteroatoms. The molecule has 1 fully saturated rings. The number of carbonyl (C=O) groups excluding carboxylic acids is 1. The molecule has 0 N–H and O–H groups in total. The Morgan fingerprint density at radius 2 is 1.81 bits per heavy atom. The van der Waals surface area contributed by atoms with Crippen LogP contribution in [0.3, 0.4) is 0 Å². The number of nitrogens with zero attached hydrogens (tertiary/aromatic N) is 6. The summed E-state index contributed by atoms with van der Waals surface area (Å²) in [5.41, 5.74) is 3.18. The van der Waals surface area contributed by atoms with Crippen molar-refractivity contribution in [1.82, 2.24) is 30.0 Å². The van der Waals surface area contributed by atoms with E-state index >= 15 is 0 Å². The molecule has 2 aromatic carbocycles. The first-order valence-electron chi connectivity index (χ1n) is 10.4. The zero-order valence-corrected chi connectivity index (χ0v) is 17.6. The van der Waals surface area contributed by atoms with Crippen LogP contribution in [0.1, 0.15) is 25.7 Å². The molecule has 5 rings (SSSR count). The predicted octanol–water partition coefficient (Wildman–Crippen LogP) is 4.20. The summed E-state index contributed by atoms with van der Waals surface area (Å²) in [6.07, 6.45) is 3.82. The van der Waals surface area contributed by atoms with Gasteiger partial charge in [0, 0.05) is 35.7 Å².